The maximum absolute atomic E-state index is 14.0. The van der Waals surface area contributed by atoms with Crippen LogP contribution in [-0.2, 0) is 20.9 Å². The summed E-state index contributed by atoms with van der Waals surface area (Å²) in [7, 11) is 0. The molecule has 35 heavy (non-hydrogen) atoms. The maximum atomic E-state index is 14.0. The number of rotatable bonds is 7. The highest BCUT2D eigenvalue weighted by atomic mass is 16.5. The monoisotopic (exact) mass is 469 g/mol. The molecule has 0 aliphatic carbocycles. The topological polar surface area (TPSA) is 73.7 Å². The molecule has 1 aliphatic heterocycles. The van der Waals surface area contributed by atoms with Crippen molar-refractivity contribution >= 4 is 28.9 Å². The minimum atomic E-state index is -1.07. The number of para-hydroxylation sites is 2. The maximum Gasteiger partial charge on any atom is 0.321 e. The fourth-order valence-electron chi connectivity index (χ4n) is 4.72. The molecule has 0 radical (unpaired) electrons. The van der Waals surface area contributed by atoms with Crippen LogP contribution in [0.2, 0.25) is 0 Å². The van der Waals surface area contributed by atoms with Gasteiger partial charge in [-0.3, -0.25) is 14.5 Å². The van der Waals surface area contributed by atoms with E-state index in [1.807, 2.05) is 90.4 Å². The van der Waals surface area contributed by atoms with Crippen LogP contribution in [0.4, 0.5) is 5.95 Å². The molecule has 7 heteroatoms. The molecular formula is C28H27N3O4. The highest BCUT2D eigenvalue weighted by molar-refractivity contribution is 6.08. The average Bonchev–Trinajstić information content (AvgIpc) is 3.26. The van der Waals surface area contributed by atoms with Crippen molar-refractivity contribution in [1.29, 1.82) is 0 Å². The van der Waals surface area contributed by atoms with E-state index in [-0.39, 0.29) is 12.5 Å². The Bertz CT molecular complexity index is 1370. The van der Waals surface area contributed by atoms with Crippen LogP contribution in [0.5, 0.6) is 5.75 Å². The van der Waals surface area contributed by atoms with Gasteiger partial charge in [0.1, 0.15) is 5.75 Å². The van der Waals surface area contributed by atoms with Gasteiger partial charge in [-0.2, -0.15) is 0 Å². The first-order valence-electron chi connectivity index (χ1n) is 11.8. The number of benzene rings is 3. The summed E-state index contributed by atoms with van der Waals surface area (Å²) in [4.78, 5) is 33.8. The van der Waals surface area contributed by atoms with Crippen LogP contribution in [0.25, 0.3) is 11.0 Å². The van der Waals surface area contributed by atoms with E-state index in [0.717, 1.165) is 22.2 Å². The SMILES string of the molecule is CCOC(=O)[C@H]1C(=O)N(Cc2ccccc2)c2nc3ccccc3n2[C@@H]1c1cccc(OCC)c1. The van der Waals surface area contributed by atoms with Crippen molar-refractivity contribution in [2.45, 2.75) is 26.4 Å². The third-order valence-corrected chi connectivity index (χ3v) is 6.18. The molecule has 2 heterocycles. The van der Waals surface area contributed by atoms with Crippen LogP contribution in [-0.4, -0.2) is 34.6 Å². The van der Waals surface area contributed by atoms with Crippen molar-refractivity contribution in [2.75, 3.05) is 18.1 Å². The quantitative estimate of drug-likeness (QED) is 0.288. The fraction of sp³-hybridized carbons (Fsp3) is 0.250. The molecule has 0 unspecified atom stereocenters. The van der Waals surface area contributed by atoms with E-state index in [4.69, 9.17) is 14.5 Å². The molecule has 0 saturated carbocycles. The van der Waals surface area contributed by atoms with Crippen LogP contribution in [0.1, 0.15) is 31.0 Å². The van der Waals surface area contributed by atoms with E-state index >= 15 is 0 Å². The highest BCUT2D eigenvalue weighted by Crippen LogP contribution is 2.42. The van der Waals surface area contributed by atoms with Gasteiger partial charge in [-0.15, -0.1) is 0 Å². The van der Waals surface area contributed by atoms with E-state index in [2.05, 4.69) is 0 Å². The Morgan fingerprint density at radius 3 is 2.49 bits per heavy atom. The number of hydrogen-bond donors (Lipinski definition) is 0. The Labute approximate surface area is 203 Å². The number of esters is 1. The number of carbonyl (C=O) groups excluding carboxylic acids is 2. The number of hydrogen-bond acceptors (Lipinski definition) is 5. The first-order chi connectivity index (χ1) is 17.1. The van der Waals surface area contributed by atoms with Gasteiger partial charge in [-0.05, 0) is 49.2 Å². The van der Waals surface area contributed by atoms with E-state index in [0.29, 0.717) is 24.8 Å². The minimum absolute atomic E-state index is 0.185. The molecule has 0 N–H and O–H groups in total. The summed E-state index contributed by atoms with van der Waals surface area (Å²) in [5.41, 5.74) is 3.32. The second-order valence-electron chi connectivity index (χ2n) is 8.36. The van der Waals surface area contributed by atoms with Crippen molar-refractivity contribution in [2.24, 2.45) is 5.92 Å². The molecule has 1 aliphatic rings. The lowest BCUT2D eigenvalue weighted by atomic mass is 9.89. The third-order valence-electron chi connectivity index (χ3n) is 6.18. The predicted molar refractivity (Wildman–Crippen MR) is 133 cm³/mol. The lowest BCUT2D eigenvalue weighted by Gasteiger charge is -2.38. The summed E-state index contributed by atoms with van der Waals surface area (Å²) in [6.45, 7) is 4.66. The molecule has 0 saturated heterocycles. The lowest BCUT2D eigenvalue weighted by Crippen LogP contribution is -2.49. The molecule has 178 valence electrons. The second-order valence-corrected chi connectivity index (χ2v) is 8.36. The standard InChI is InChI=1S/C28H27N3O4/c1-3-34-21-14-10-13-20(17-21)25-24(27(33)35-4-2)26(32)30(18-19-11-6-5-7-12-19)28-29-22-15-8-9-16-23(22)31(25)28/h5-17,24-25H,3-4,18H2,1-2H3/t24-,25-/m1/s1. The van der Waals surface area contributed by atoms with E-state index in [1.54, 1.807) is 11.8 Å². The summed E-state index contributed by atoms with van der Waals surface area (Å²) in [6.07, 6.45) is 0. The number of anilines is 1. The number of carbonyl (C=O) groups is 2. The van der Waals surface area contributed by atoms with Gasteiger partial charge < -0.3 is 14.0 Å². The van der Waals surface area contributed by atoms with E-state index < -0.39 is 17.9 Å². The summed E-state index contributed by atoms with van der Waals surface area (Å²) < 4.78 is 13.2. The van der Waals surface area contributed by atoms with E-state index in [9.17, 15) is 9.59 Å². The third kappa shape index (κ3) is 4.14. The summed E-state index contributed by atoms with van der Waals surface area (Å²) >= 11 is 0. The Balaban J connectivity index is 1.74. The van der Waals surface area contributed by atoms with Crippen LogP contribution >= 0.6 is 0 Å². The number of aromatic nitrogens is 2. The molecule has 4 aromatic rings. The van der Waals surface area contributed by atoms with Gasteiger partial charge in [0.25, 0.3) is 0 Å². The lowest BCUT2D eigenvalue weighted by molar-refractivity contribution is -0.153. The Hall–Kier alpha value is -4.13. The van der Waals surface area contributed by atoms with Gasteiger partial charge in [0.15, 0.2) is 5.92 Å². The summed E-state index contributed by atoms with van der Waals surface area (Å²) in [5.74, 6) is -0.765. The smallest absolute Gasteiger partial charge is 0.321 e. The molecule has 1 aromatic heterocycles. The molecule has 2 atom stereocenters. The first kappa shape index (κ1) is 22.7. The van der Waals surface area contributed by atoms with Crippen molar-refractivity contribution in [3.63, 3.8) is 0 Å². The molecule has 0 fully saturated rings. The molecule has 0 spiro atoms. The minimum Gasteiger partial charge on any atom is -0.494 e. The molecule has 0 bridgehead atoms. The van der Waals surface area contributed by atoms with Gasteiger partial charge in [0.2, 0.25) is 11.9 Å². The van der Waals surface area contributed by atoms with Crippen LogP contribution in [0, 0.1) is 5.92 Å². The number of amides is 1. The zero-order chi connectivity index (χ0) is 24.4. The number of imidazole rings is 1. The molecule has 5 rings (SSSR count). The van der Waals surface area contributed by atoms with Crippen molar-refractivity contribution in [3.05, 3.63) is 90.0 Å². The van der Waals surface area contributed by atoms with Gasteiger partial charge in [0.05, 0.1) is 36.8 Å². The van der Waals surface area contributed by atoms with Gasteiger partial charge in [-0.25, -0.2) is 4.98 Å². The zero-order valence-corrected chi connectivity index (χ0v) is 19.8. The van der Waals surface area contributed by atoms with E-state index in [1.165, 1.54) is 0 Å². The predicted octanol–water partition coefficient (Wildman–Crippen LogP) is 4.75. The fourth-order valence-corrected chi connectivity index (χ4v) is 4.72. The van der Waals surface area contributed by atoms with Crippen LogP contribution in [0.15, 0.2) is 78.9 Å². The van der Waals surface area contributed by atoms with Crippen molar-refractivity contribution < 1.29 is 19.1 Å². The molecule has 7 nitrogen and oxygen atoms in total. The highest BCUT2D eigenvalue weighted by Gasteiger charge is 2.48. The van der Waals surface area contributed by atoms with Gasteiger partial charge in [0, 0.05) is 0 Å². The van der Waals surface area contributed by atoms with Gasteiger partial charge >= 0.3 is 5.97 Å². The second kappa shape index (κ2) is 9.62. The normalized spacial score (nSPS) is 17.3. The number of fused-ring (bicyclic) bond motifs is 3. The van der Waals surface area contributed by atoms with Crippen molar-refractivity contribution in [3.8, 4) is 5.75 Å². The Morgan fingerprint density at radius 1 is 0.943 bits per heavy atom. The number of nitrogens with zero attached hydrogens (tertiary/aromatic N) is 3. The van der Waals surface area contributed by atoms with Crippen LogP contribution < -0.4 is 9.64 Å². The van der Waals surface area contributed by atoms with Gasteiger partial charge in [-0.1, -0.05) is 54.6 Å². The molecule has 3 aromatic carbocycles. The average molecular weight is 470 g/mol. The molecular weight excluding hydrogens is 442 g/mol. The zero-order valence-electron chi connectivity index (χ0n) is 19.8. The summed E-state index contributed by atoms with van der Waals surface area (Å²) in [6, 6.07) is 24.3. The van der Waals surface area contributed by atoms with Crippen molar-refractivity contribution in [1.82, 2.24) is 9.55 Å². The number of ether oxygens (including phenoxy) is 2. The Morgan fingerprint density at radius 2 is 1.71 bits per heavy atom. The Kier molecular flexibility index (Phi) is 6.23. The first-order valence-corrected chi connectivity index (χ1v) is 11.8. The largest absolute Gasteiger partial charge is 0.494 e. The van der Waals surface area contributed by atoms with Crippen LogP contribution in [0.3, 0.4) is 0 Å². The summed E-state index contributed by atoms with van der Waals surface area (Å²) in [5, 5.41) is 0. The molecule has 1 amide bonds.